The van der Waals surface area contributed by atoms with Gasteiger partial charge in [-0.2, -0.15) is 0 Å². The first-order valence-corrected chi connectivity index (χ1v) is 6.93. The highest BCUT2D eigenvalue weighted by Crippen LogP contribution is 2.27. The fourth-order valence-corrected chi connectivity index (χ4v) is 2.11. The van der Waals surface area contributed by atoms with E-state index in [0.29, 0.717) is 23.4 Å². The molecule has 2 aromatic carbocycles. The molecule has 0 saturated carbocycles. The first-order valence-electron chi connectivity index (χ1n) is 6.93. The zero-order valence-corrected chi connectivity index (χ0v) is 12.1. The smallest absolute Gasteiger partial charge is 0.263 e. The Morgan fingerprint density at radius 1 is 0.905 bits per heavy atom. The molecule has 1 aromatic heterocycles. The molecule has 0 saturated heterocycles. The van der Waals surface area contributed by atoms with Crippen molar-refractivity contribution in [1.82, 2.24) is 9.97 Å². The van der Waals surface area contributed by atoms with E-state index in [9.17, 15) is 0 Å². The third-order valence-electron chi connectivity index (χ3n) is 3.33. The SMILES string of the molecule is CC(C)c1ccc(Oc2nc3ccccc3nc2N)cc1. The maximum Gasteiger partial charge on any atom is 0.263 e. The molecule has 106 valence electrons. The van der Waals surface area contributed by atoms with E-state index in [1.54, 1.807) is 0 Å². The summed E-state index contributed by atoms with van der Waals surface area (Å²) in [6.07, 6.45) is 0. The van der Waals surface area contributed by atoms with E-state index in [0.717, 1.165) is 11.0 Å². The average Bonchev–Trinajstić information content (AvgIpc) is 2.48. The molecule has 0 radical (unpaired) electrons. The summed E-state index contributed by atoms with van der Waals surface area (Å²) in [7, 11) is 0. The van der Waals surface area contributed by atoms with Gasteiger partial charge < -0.3 is 10.5 Å². The van der Waals surface area contributed by atoms with Crippen LogP contribution in [0.1, 0.15) is 25.3 Å². The standard InChI is InChI=1S/C17H17N3O/c1-11(2)12-7-9-13(10-8-12)21-17-16(18)19-14-5-3-4-6-15(14)20-17/h3-11H,1-2H3,(H2,18,19). The third kappa shape index (κ3) is 2.79. The predicted molar refractivity (Wildman–Crippen MR) is 84.6 cm³/mol. The van der Waals surface area contributed by atoms with Gasteiger partial charge in [0.25, 0.3) is 5.88 Å². The molecule has 1 heterocycles. The van der Waals surface area contributed by atoms with Gasteiger partial charge in [0.2, 0.25) is 0 Å². The number of aromatic nitrogens is 2. The summed E-state index contributed by atoms with van der Waals surface area (Å²) in [4.78, 5) is 8.73. The number of hydrogen-bond donors (Lipinski definition) is 1. The van der Waals surface area contributed by atoms with Crippen molar-refractivity contribution in [2.24, 2.45) is 0 Å². The van der Waals surface area contributed by atoms with Crippen LogP contribution in [-0.2, 0) is 0 Å². The van der Waals surface area contributed by atoms with Crippen LogP contribution in [0.3, 0.4) is 0 Å². The van der Waals surface area contributed by atoms with Crippen LogP contribution < -0.4 is 10.5 Å². The molecule has 0 aliphatic carbocycles. The van der Waals surface area contributed by atoms with Crippen LogP contribution in [0.4, 0.5) is 5.82 Å². The Hall–Kier alpha value is -2.62. The number of hydrogen-bond acceptors (Lipinski definition) is 4. The van der Waals surface area contributed by atoms with Crippen molar-refractivity contribution in [3.8, 4) is 11.6 Å². The van der Waals surface area contributed by atoms with Crippen molar-refractivity contribution in [3.05, 3.63) is 54.1 Å². The number of ether oxygens (including phenoxy) is 1. The maximum atomic E-state index is 5.91. The lowest BCUT2D eigenvalue weighted by molar-refractivity contribution is 0.465. The van der Waals surface area contributed by atoms with Crippen LogP contribution in [0.5, 0.6) is 11.6 Å². The van der Waals surface area contributed by atoms with Crippen molar-refractivity contribution in [1.29, 1.82) is 0 Å². The summed E-state index contributed by atoms with van der Waals surface area (Å²) >= 11 is 0. The Labute approximate surface area is 123 Å². The zero-order valence-electron chi connectivity index (χ0n) is 12.1. The minimum absolute atomic E-state index is 0.293. The normalized spacial score (nSPS) is 11.0. The molecule has 0 unspecified atom stereocenters. The van der Waals surface area contributed by atoms with E-state index in [-0.39, 0.29) is 0 Å². The minimum Gasteiger partial charge on any atom is -0.436 e. The number of benzene rings is 2. The summed E-state index contributed by atoms with van der Waals surface area (Å²) in [5.41, 5.74) is 8.70. The molecule has 21 heavy (non-hydrogen) atoms. The van der Waals surface area contributed by atoms with Crippen molar-refractivity contribution in [3.63, 3.8) is 0 Å². The fraction of sp³-hybridized carbons (Fsp3) is 0.176. The minimum atomic E-state index is 0.293. The van der Waals surface area contributed by atoms with E-state index in [1.165, 1.54) is 5.56 Å². The van der Waals surface area contributed by atoms with Gasteiger partial charge in [-0.05, 0) is 35.7 Å². The van der Waals surface area contributed by atoms with Gasteiger partial charge in [-0.3, -0.25) is 0 Å². The van der Waals surface area contributed by atoms with Crippen molar-refractivity contribution in [2.75, 3.05) is 5.73 Å². The van der Waals surface area contributed by atoms with Gasteiger partial charge in [0.15, 0.2) is 5.82 Å². The van der Waals surface area contributed by atoms with E-state index in [2.05, 4.69) is 23.8 Å². The van der Waals surface area contributed by atoms with Crippen molar-refractivity contribution >= 4 is 16.9 Å². The van der Waals surface area contributed by atoms with Crippen LogP contribution in [0, 0.1) is 0 Å². The number of nitrogen functional groups attached to an aromatic ring is 1. The second-order valence-corrected chi connectivity index (χ2v) is 5.23. The highest BCUT2D eigenvalue weighted by molar-refractivity contribution is 5.76. The van der Waals surface area contributed by atoms with E-state index in [1.807, 2.05) is 48.5 Å². The zero-order chi connectivity index (χ0) is 14.8. The van der Waals surface area contributed by atoms with Gasteiger partial charge in [0, 0.05) is 0 Å². The maximum absolute atomic E-state index is 5.91. The average molecular weight is 279 g/mol. The highest BCUT2D eigenvalue weighted by Gasteiger charge is 2.08. The Bertz CT molecular complexity index is 767. The van der Waals surface area contributed by atoms with E-state index >= 15 is 0 Å². The van der Waals surface area contributed by atoms with Crippen molar-refractivity contribution < 1.29 is 4.74 Å². The number of rotatable bonds is 3. The Morgan fingerprint density at radius 3 is 2.14 bits per heavy atom. The molecule has 4 nitrogen and oxygen atoms in total. The quantitative estimate of drug-likeness (QED) is 0.783. The van der Waals surface area contributed by atoms with Crippen LogP contribution in [0.15, 0.2) is 48.5 Å². The summed E-state index contributed by atoms with van der Waals surface area (Å²) < 4.78 is 5.75. The van der Waals surface area contributed by atoms with Crippen LogP contribution >= 0.6 is 0 Å². The molecule has 3 aromatic rings. The lowest BCUT2D eigenvalue weighted by Gasteiger charge is -2.09. The lowest BCUT2D eigenvalue weighted by atomic mass is 10.0. The number of para-hydroxylation sites is 2. The summed E-state index contributed by atoms with van der Waals surface area (Å²) in [6, 6.07) is 15.5. The molecule has 3 rings (SSSR count). The van der Waals surface area contributed by atoms with Gasteiger partial charge in [0.1, 0.15) is 5.75 Å². The lowest BCUT2D eigenvalue weighted by Crippen LogP contribution is -1.99. The third-order valence-corrected chi connectivity index (χ3v) is 3.33. The number of anilines is 1. The molecular formula is C17H17N3O. The van der Waals surface area contributed by atoms with Crippen LogP contribution in [0.2, 0.25) is 0 Å². The molecule has 0 aliphatic rings. The summed E-state index contributed by atoms with van der Waals surface area (Å²) in [6.45, 7) is 4.31. The molecule has 0 amide bonds. The fourth-order valence-electron chi connectivity index (χ4n) is 2.11. The Balaban J connectivity index is 1.92. The number of nitrogens with two attached hydrogens (primary N) is 1. The van der Waals surface area contributed by atoms with E-state index in [4.69, 9.17) is 10.5 Å². The molecule has 0 aliphatic heterocycles. The molecule has 4 heteroatoms. The Kier molecular flexibility index (Phi) is 3.44. The van der Waals surface area contributed by atoms with E-state index < -0.39 is 0 Å². The van der Waals surface area contributed by atoms with Gasteiger partial charge in [0.05, 0.1) is 11.0 Å². The van der Waals surface area contributed by atoms with Gasteiger partial charge >= 0.3 is 0 Å². The van der Waals surface area contributed by atoms with Gasteiger partial charge in [-0.15, -0.1) is 0 Å². The first-order chi connectivity index (χ1) is 10.1. The van der Waals surface area contributed by atoms with Crippen molar-refractivity contribution in [2.45, 2.75) is 19.8 Å². The largest absolute Gasteiger partial charge is 0.436 e. The highest BCUT2D eigenvalue weighted by atomic mass is 16.5. The predicted octanol–water partition coefficient (Wildman–Crippen LogP) is 4.13. The number of nitrogens with zero attached hydrogens (tertiary/aromatic N) is 2. The van der Waals surface area contributed by atoms with Gasteiger partial charge in [-0.25, -0.2) is 9.97 Å². The van der Waals surface area contributed by atoms with Crippen LogP contribution in [0.25, 0.3) is 11.0 Å². The molecular weight excluding hydrogens is 262 g/mol. The van der Waals surface area contributed by atoms with Gasteiger partial charge in [-0.1, -0.05) is 38.1 Å². The van der Waals surface area contributed by atoms with Crippen LogP contribution in [-0.4, -0.2) is 9.97 Å². The summed E-state index contributed by atoms with van der Waals surface area (Å²) in [5, 5.41) is 0. The second kappa shape index (κ2) is 5.40. The molecule has 2 N–H and O–H groups in total. The summed E-state index contributed by atoms with van der Waals surface area (Å²) in [5.74, 6) is 1.83. The topological polar surface area (TPSA) is 61.0 Å². The molecule has 0 bridgehead atoms. The Morgan fingerprint density at radius 2 is 1.52 bits per heavy atom. The molecule has 0 fully saturated rings. The monoisotopic (exact) mass is 279 g/mol. The molecule has 0 spiro atoms. The number of fused-ring (bicyclic) bond motifs is 1. The second-order valence-electron chi connectivity index (χ2n) is 5.23. The molecule has 0 atom stereocenters. The first kappa shape index (κ1) is 13.4.